The van der Waals surface area contributed by atoms with E-state index >= 15 is 0 Å². The minimum atomic E-state index is -0.945. The zero-order valence-corrected chi connectivity index (χ0v) is 13.9. The van der Waals surface area contributed by atoms with Gasteiger partial charge in [-0.2, -0.15) is 0 Å². The van der Waals surface area contributed by atoms with E-state index in [0.29, 0.717) is 13.1 Å². The molecule has 0 bridgehead atoms. The minimum Gasteiger partial charge on any atom is -0.496 e. The van der Waals surface area contributed by atoms with Gasteiger partial charge in [-0.25, -0.2) is 0 Å². The van der Waals surface area contributed by atoms with Gasteiger partial charge in [0.2, 0.25) is 5.91 Å². The molecule has 0 saturated carbocycles. The maximum Gasteiger partial charge on any atom is 0.306 e. The van der Waals surface area contributed by atoms with E-state index in [-0.39, 0.29) is 12.3 Å². The van der Waals surface area contributed by atoms with Crippen LogP contribution in [0.5, 0.6) is 5.75 Å². The Balaban J connectivity index is 2.20. The highest BCUT2D eigenvalue weighted by Gasteiger charge is 2.29. The molecule has 0 fully saturated rings. The Morgan fingerprint density at radius 1 is 1.43 bits per heavy atom. The Hall–Kier alpha value is -1.56. The molecule has 5 nitrogen and oxygen atoms in total. The van der Waals surface area contributed by atoms with E-state index in [0.717, 1.165) is 26.9 Å². The van der Waals surface area contributed by atoms with Gasteiger partial charge in [-0.1, -0.05) is 22.9 Å². The second-order valence-corrected chi connectivity index (χ2v) is 6.19. The second kappa shape index (κ2) is 6.05. The van der Waals surface area contributed by atoms with Gasteiger partial charge in [0.25, 0.3) is 0 Å². The molecule has 1 aliphatic rings. The van der Waals surface area contributed by atoms with Gasteiger partial charge in [0, 0.05) is 24.0 Å². The fourth-order valence-electron chi connectivity index (χ4n) is 2.52. The number of methoxy groups -OCH3 is 1. The number of aliphatic carboxylic acids is 1. The first-order valence-corrected chi connectivity index (χ1v) is 7.49. The minimum absolute atomic E-state index is 0.0249. The summed E-state index contributed by atoms with van der Waals surface area (Å²) >= 11 is 3.51. The maximum absolute atomic E-state index is 12.2. The SMILES string of the molecule is COc1cc(Br)c2c(c1C)CN(C(=O)C[C@H](C)C(=O)O)C2. The van der Waals surface area contributed by atoms with Crippen LogP contribution in [0, 0.1) is 12.8 Å². The first-order valence-electron chi connectivity index (χ1n) is 6.70. The first-order chi connectivity index (χ1) is 9.85. The van der Waals surface area contributed by atoms with Crippen LogP contribution in [0.25, 0.3) is 0 Å². The standard InChI is InChI=1S/C15H18BrNO4/c1-8(15(19)20)4-14(18)17-6-10-9(2)13(21-3)5-12(16)11(10)7-17/h5,8H,4,6-7H2,1-3H3,(H,19,20)/t8-/m0/s1. The van der Waals surface area contributed by atoms with Crippen molar-refractivity contribution >= 4 is 27.8 Å². The number of benzene rings is 1. The average molecular weight is 356 g/mol. The third-order valence-electron chi connectivity index (χ3n) is 3.91. The van der Waals surface area contributed by atoms with E-state index < -0.39 is 11.9 Å². The molecule has 1 N–H and O–H groups in total. The highest BCUT2D eigenvalue weighted by atomic mass is 79.9. The predicted molar refractivity (Wildman–Crippen MR) is 81.1 cm³/mol. The molecular weight excluding hydrogens is 338 g/mol. The number of carboxylic acid groups (broad SMARTS) is 1. The summed E-state index contributed by atoms with van der Waals surface area (Å²) in [5.74, 6) is -0.959. The van der Waals surface area contributed by atoms with Gasteiger partial charge >= 0.3 is 5.97 Å². The molecule has 1 heterocycles. The molecule has 1 aliphatic heterocycles. The molecule has 0 radical (unpaired) electrons. The summed E-state index contributed by atoms with van der Waals surface area (Å²) in [6.07, 6.45) is 0.0249. The average Bonchev–Trinajstić information content (AvgIpc) is 2.88. The van der Waals surface area contributed by atoms with Crippen molar-refractivity contribution in [1.82, 2.24) is 4.90 Å². The fourth-order valence-corrected chi connectivity index (χ4v) is 3.09. The molecule has 6 heteroatoms. The molecular formula is C15H18BrNO4. The lowest BCUT2D eigenvalue weighted by Gasteiger charge is -2.17. The Morgan fingerprint density at radius 3 is 2.62 bits per heavy atom. The Kier molecular flexibility index (Phi) is 4.56. The predicted octanol–water partition coefficient (Wildman–Crippen LogP) is 2.72. The van der Waals surface area contributed by atoms with Crippen LogP contribution in [0.3, 0.4) is 0 Å². The van der Waals surface area contributed by atoms with Crippen LogP contribution >= 0.6 is 15.9 Å². The Morgan fingerprint density at radius 2 is 2.05 bits per heavy atom. The van der Waals surface area contributed by atoms with Crippen LogP contribution in [-0.4, -0.2) is 29.0 Å². The molecule has 1 aromatic carbocycles. The number of ether oxygens (including phenoxy) is 1. The van der Waals surface area contributed by atoms with Crippen molar-refractivity contribution in [2.45, 2.75) is 33.4 Å². The first kappa shape index (κ1) is 15.8. The molecule has 114 valence electrons. The Bertz CT molecular complexity index is 600. The van der Waals surface area contributed by atoms with Gasteiger partial charge in [0.15, 0.2) is 0 Å². The number of hydrogen-bond donors (Lipinski definition) is 1. The van der Waals surface area contributed by atoms with Gasteiger partial charge in [0.1, 0.15) is 5.75 Å². The second-order valence-electron chi connectivity index (χ2n) is 5.34. The van der Waals surface area contributed by atoms with Gasteiger partial charge < -0.3 is 14.7 Å². The number of rotatable bonds is 4. The number of carboxylic acids is 1. The lowest BCUT2D eigenvalue weighted by molar-refractivity contribution is -0.145. The van der Waals surface area contributed by atoms with Crippen molar-refractivity contribution in [3.8, 4) is 5.75 Å². The fraction of sp³-hybridized carbons (Fsp3) is 0.467. The van der Waals surface area contributed by atoms with Crippen LogP contribution in [0.1, 0.15) is 30.0 Å². The summed E-state index contributed by atoms with van der Waals surface area (Å²) in [4.78, 5) is 24.8. The molecule has 0 saturated heterocycles. The van der Waals surface area contributed by atoms with E-state index in [2.05, 4.69) is 15.9 Å². The molecule has 0 aromatic heterocycles. The van der Waals surface area contributed by atoms with Crippen molar-refractivity contribution in [1.29, 1.82) is 0 Å². The normalized spacial score (nSPS) is 14.8. The summed E-state index contributed by atoms with van der Waals surface area (Å²) in [6.45, 7) is 4.53. The van der Waals surface area contributed by atoms with E-state index in [4.69, 9.17) is 9.84 Å². The highest BCUT2D eigenvalue weighted by Crippen LogP contribution is 2.37. The van der Waals surface area contributed by atoms with Crippen molar-refractivity contribution in [3.05, 3.63) is 27.2 Å². The molecule has 1 atom stereocenters. The van der Waals surface area contributed by atoms with E-state index in [1.54, 1.807) is 18.9 Å². The smallest absolute Gasteiger partial charge is 0.306 e. The lowest BCUT2D eigenvalue weighted by atomic mass is 10.0. The molecule has 2 rings (SSSR count). The zero-order valence-electron chi connectivity index (χ0n) is 12.3. The third kappa shape index (κ3) is 3.05. The molecule has 0 spiro atoms. The quantitative estimate of drug-likeness (QED) is 0.901. The van der Waals surface area contributed by atoms with Crippen LogP contribution in [0.15, 0.2) is 10.5 Å². The van der Waals surface area contributed by atoms with Crippen molar-refractivity contribution in [3.63, 3.8) is 0 Å². The summed E-state index contributed by atoms with van der Waals surface area (Å²) < 4.78 is 6.25. The Labute approximate surface area is 132 Å². The van der Waals surface area contributed by atoms with Crippen LogP contribution in [-0.2, 0) is 22.7 Å². The zero-order chi connectivity index (χ0) is 15.7. The number of carbonyl (C=O) groups excluding carboxylic acids is 1. The summed E-state index contributed by atoms with van der Waals surface area (Å²) in [6, 6.07) is 1.90. The number of halogens is 1. The number of hydrogen-bond acceptors (Lipinski definition) is 3. The van der Waals surface area contributed by atoms with Crippen LogP contribution in [0.4, 0.5) is 0 Å². The number of carbonyl (C=O) groups is 2. The van der Waals surface area contributed by atoms with Gasteiger partial charge in [-0.05, 0) is 29.7 Å². The monoisotopic (exact) mass is 355 g/mol. The van der Waals surface area contributed by atoms with E-state index in [1.807, 2.05) is 13.0 Å². The van der Waals surface area contributed by atoms with Crippen LogP contribution < -0.4 is 4.74 Å². The topological polar surface area (TPSA) is 66.8 Å². The summed E-state index contributed by atoms with van der Waals surface area (Å²) in [5.41, 5.74) is 3.18. The molecule has 1 amide bonds. The summed E-state index contributed by atoms with van der Waals surface area (Å²) in [5, 5.41) is 8.91. The number of fused-ring (bicyclic) bond motifs is 1. The number of amides is 1. The largest absolute Gasteiger partial charge is 0.496 e. The van der Waals surface area contributed by atoms with Crippen molar-refractivity contribution in [2.75, 3.05) is 7.11 Å². The van der Waals surface area contributed by atoms with Crippen molar-refractivity contribution < 1.29 is 19.4 Å². The third-order valence-corrected chi connectivity index (χ3v) is 4.61. The van der Waals surface area contributed by atoms with Gasteiger partial charge in [-0.15, -0.1) is 0 Å². The van der Waals surface area contributed by atoms with Gasteiger partial charge in [0.05, 0.1) is 13.0 Å². The molecule has 0 unspecified atom stereocenters. The highest BCUT2D eigenvalue weighted by molar-refractivity contribution is 9.10. The number of nitrogens with zero attached hydrogens (tertiary/aromatic N) is 1. The molecule has 21 heavy (non-hydrogen) atoms. The van der Waals surface area contributed by atoms with Crippen LogP contribution in [0.2, 0.25) is 0 Å². The maximum atomic E-state index is 12.2. The van der Waals surface area contributed by atoms with Gasteiger partial charge in [-0.3, -0.25) is 9.59 Å². The van der Waals surface area contributed by atoms with E-state index in [1.165, 1.54) is 0 Å². The van der Waals surface area contributed by atoms with Crippen molar-refractivity contribution in [2.24, 2.45) is 5.92 Å². The van der Waals surface area contributed by atoms with E-state index in [9.17, 15) is 9.59 Å². The lowest BCUT2D eigenvalue weighted by Crippen LogP contribution is -2.28. The molecule has 0 aliphatic carbocycles. The molecule has 1 aromatic rings. The summed E-state index contributed by atoms with van der Waals surface area (Å²) in [7, 11) is 1.62.